The van der Waals surface area contributed by atoms with Crippen molar-refractivity contribution < 1.29 is 23.0 Å². The molecule has 1 aliphatic heterocycles. The number of morpholine rings is 1. The van der Waals surface area contributed by atoms with Crippen LogP contribution in [0.2, 0.25) is 0 Å². The maximum atomic E-state index is 12.2. The molecule has 0 saturated carbocycles. The van der Waals surface area contributed by atoms with Crippen molar-refractivity contribution in [1.29, 1.82) is 0 Å². The third kappa shape index (κ3) is 6.68. The van der Waals surface area contributed by atoms with Crippen LogP contribution in [0.1, 0.15) is 12.0 Å². The van der Waals surface area contributed by atoms with Crippen LogP contribution in [-0.2, 0) is 9.53 Å². The summed E-state index contributed by atoms with van der Waals surface area (Å²) in [4.78, 5) is 12.0. The van der Waals surface area contributed by atoms with E-state index in [0.717, 1.165) is 12.1 Å². The van der Waals surface area contributed by atoms with Gasteiger partial charge in [0.25, 0.3) is 6.43 Å². The molecule has 1 fully saturated rings. The number of carbonyl (C=O) groups excluding carboxylic acids is 1. The third-order valence-corrected chi connectivity index (χ3v) is 3.27. The summed E-state index contributed by atoms with van der Waals surface area (Å²) >= 11 is 0. The Morgan fingerprint density at radius 3 is 2.96 bits per heavy atom. The molecule has 130 valence electrons. The molecule has 0 aliphatic carbocycles. The van der Waals surface area contributed by atoms with E-state index >= 15 is 0 Å². The number of ether oxygens (including phenoxy) is 2. The van der Waals surface area contributed by atoms with Gasteiger partial charge in [0.1, 0.15) is 12.4 Å². The molecule has 1 aliphatic rings. The highest BCUT2D eigenvalue weighted by molar-refractivity contribution is 5.91. The maximum Gasteiger partial charge on any atom is 0.272 e. The van der Waals surface area contributed by atoms with Crippen molar-refractivity contribution in [3.8, 4) is 5.75 Å². The normalized spacial score (nSPS) is 17.5. The van der Waals surface area contributed by atoms with E-state index in [4.69, 9.17) is 9.47 Å². The predicted octanol–water partition coefficient (Wildman–Crippen LogP) is 2.38. The van der Waals surface area contributed by atoms with E-state index in [-0.39, 0.29) is 24.4 Å². The Morgan fingerprint density at radius 2 is 2.30 bits per heavy atom. The number of halogens is 3. The van der Waals surface area contributed by atoms with Crippen LogP contribution in [0.25, 0.3) is 0 Å². The van der Waals surface area contributed by atoms with Crippen molar-refractivity contribution in [2.75, 3.05) is 31.7 Å². The summed E-state index contributed by atoms with van der Waals surface area (Å²) < 4.78 is 34.7. The molecule has 2 rings (SSSR count). The first-order valence-corrected chi connectivity index (χ1v) is 7.17. The fourth-order valence-electron chi connectivity index (χ4n) is 2.17. The summed E-state index contributed by atoms with van der Waals surface area (Å²) in [6.45, 7) is 2.98. The van der Waals surface area contributed by atoms with Gasteiger partial charge in [0.2, 0.25) is 5.91 Å². The van der Waals surface area contributed by atoms with Gasteiger partial charge in [0, 0.05) is 30.8 Å². The van der Waals surface area contributed by atoms with Gasteiger partial charge in [0.05, 0.1) is 13.2 Å². The molecule has 0 spiro atoms. The second kappa shape index (κ2) is 9.64. The molecule has 23 heavy (non-hydrogen) atoms. The number of amides is 1. The molecule has 1 unspecified atom stereocenters. The van der Waals surface area contributed by atoms with Crippen LogP contribution in [0.5, 0.6) is 5.75 Å². The van der Waals surface area contributed by atoms with E-state index in [1.807, 2.05) is 0 Å². The van der Waals surface area contributed by atoms with Gasteiger partial charge in [-0.1, -0.05) is 6.07 Å². The van der Waals surface area contributed by atoms with Crippen LogP contribution < -0.4 is 15.4 Å². The molecule has 8 heteroatoms. The largest absolute Gasteiger partial charge is 0.487 e. The lowest BCUT2D eigenvalue weighted by Gasteiger charge is -2.23. The van der Waals surface area contributed by atoms with Crippen LogP contribution in [0, 0.1) is 6.92 Å². The summed E-state index contributed by atoms with van der Waals surface area (Å²) in [5.41, 5.74) is 1.26. The van der Waals surface area contributed by atoms with E-state index < -0.39 is 13.0 Å². The zero-order valence-electron chi connectivity index (χ0n) is 12.8. The smallest absolute Gasteiger partial charge is 0.272 e. The van der Waals surface area contributed by atoms with Gasteiger partial charge in [-0.2, -0.15) is 0 Å². The Morgan fingerprint density at radius 1 is 1.52 bits per heavy atom. The zero-order valence-corrected chi connectivity index (χ0v) is 13.6. The number of carbonyl (C=O) groups is 1. The highest BCUT2D eigenvalue weighted by Crippen LogP contribution is 2.23. The summed E-state index contributed by atoms with van der Waals surface area (Å²) in [7, 11) is 0. The van der Waals surface area contributed by atoms with Crippen LogP contribution >= 0.6 is 12.4 Å². The van der Waals surface area contributed by atoms with Gasteiger partial charge in [-0.3, -0.25) is 4.79 Å². The second-order valence-corrected chi connectivity index (χ2v) is 5.16. The van der Waals surface area contributed by atoms with Gasteiger partial charge >= 0.3 is 0 Å². The topological polar surface area (TPSA) is 59.6 Å². The van der Waals surface area contributed by atoms with Crippen LogP contribution in [0.15, 0.2) is 18.2 Å². The van der Waals surface area contributed by atoms with Crippen LogP contribution in [0.4, 0.5) is 14.5 Å². The number of rotatable bonds is 6. The van der Waals surface area contributed by atoms with E-state index in [1.165, 1.54) is 0 Å². The molecule has 1 heterocycles. The molecule has 5 nitrogen and oxygen atoms in total. The summed E-state index contributed by atoms with van der Waals surface area (Å²) in [5, 5.41) is 5.94. The average Bonchev–Trinajstić information content (AvgIpc) is 2.48. The van der Waals surface area contributed by atoms with Crippen molar-refractivity contribution in [3.63, 3.8) is 0 Å². The minimum absolute atomic E-state index is 0. The molecule has 1 aromatic carbocycles. The molecule has 0 bridgehead atoms. The zero-order chi connectivity index (χ0) is 15.9. The molecule has 0 radical (unpaired) electrons. The number of anilines is 1. The molecular weight excluding hydrogens is 330 g/mol. The molecular formula is C15H21ClF2N2O3. The van der Waals surface area contributed by atoms with E-state index in [0.29, 0.717) is 31.1 Å². The highest BCUT2D eigenvalue weighted by Gasteiger charge is 2.17. The monoisotopic (exact) mass is 350 g/mol. The number of alkyl halides is 2. The van der Waals surface area contributed by atoms with Gasteiger partial charge < -0.3 is 20.1 Å². The fourth-order valence-corrected chi connectivity index (χ4v) is 2.17. The lowest BCUT2D eigenvalue weighted by molar-refractivity contribution is -0.117. The first kappa shape index (κ1) is 19.6. The number of hydrogen-bond donors (Lipinski definition) is 2. The lowest BCUT2D eigenvalue weighted by Crippen LogP contribution is -2.43. The fraction of sp³-hybridized carbons (Fsp3) is 0.533. The Hall–Kier alpha value is -1.44. The van der Waals surface area contributed by atoms with Gasteiger partial charge in [0.15, 0.2) is 0 Å². The molecule has 1 saturated heterocycles. The van der Waals surface area contributed by atoms with E-state index in [2.05, 4.69) is 10.6 Å². The maximum absolute atomic E-state index is 12.2. The number of aryl methyl sites for hydroxylation is 1. The summed E-state index contributed by atoms with van der Waals surface area (Å²) in [6.07, 6.45) is -2.24. The standard InChI is InChI=1S/C15H20F2N2O3.ClH/c1-10-2-3-11(6-13(10)22-9-14(16)17)19-15(20)7-12-8-21-5-4-18-12;/h2-3,6,12,14,18H,4-5,7-9H2,1H3,(H,19,20);1H. The van der Waals surface area contributed by atoms with Crippen molar-refractivity contribution in [2.45, 2.75) is 25.8 Å². The Balaban J connectivity index is 0.00000264. The van der Waals surface area contributed by atoms with Gasteiger partial charge in [-0.25, -0.2) is 8.78 Å². The van der Waals surface area contributed by atoms with Crippen molar-refractivity contribution >= 4 is 24.0 Å². The SMILES string of the molecule is Cc1ccc(NC(=O)CC2COCCN2)cc1OCC(F)F.Cl. The Labute approximate surface area is 140 Å². The molecule has 1 atom stereocenters. The molecule has 2 N–H and O–H groups in total. The third-order valence-electron chi connectivity index (χ3n) is 3.27. The van der Waals surface area contributed by atoms with Crippen molar-refractivity contribution in [3.05, 3.63) is 23.8 Å². The highest BCUT2D eigenvalue weighted by atomic mass is 35.5. The number of hydrogen-bond acceptors (Lipinski definition) is 4. The lowest BCUT2D eigenvalue weighted by atomic mass is 10.1. The minimum Gasteiger partial charge on any atom is -0.487 e. The van der Waals surface area contributed by atoms with Crippen LogP contribution in [-0.4, -0.2) is 44.7 Å². The van der Waals surface area contributed by atoms with E-state index in [9.17, 15) is 13.6 Å². The number of nitrogens with one attached hydrogen (secondary N) is 2. The van der Waals surface area contributed by atoms with Gasteiger partial charge in [-0.05, 0) is 18.6 Å². The van der Waals surface area contributed by atoms with Crippen molar-refractivity contribution in [2.24, 2.45) is 0 Å². The summed E-state index contributed by atoms with van der Waals surface area (Å²) in [5.74, 6) is 0.184. The first-order valence-electron chi connectivity index (χ1n) is 7.17. The minimum atomic E-state index is -2.53. The Bertz CT molecular complexity index is 511. The van der Waals surface area contributed by atoms with Crippen molar-refractivity contribution in [1.82, 2.24) is 5.32 Å². The average molecular weight is 351 g/mol. The predicted molar refractivity (Wildman–Crippen MR) is 85.8 cm³/mol. The van der Waals surface area contributed by atoms with Crippen LogP contribution in [0.3, 0.4) is 0 Å². The first-order chi connectivity index (χ1) is 10.5. The quantitative estimate of drug-likeness (QED) is 0.827. The molecule has 0 aromatic heterocycles. The molecule has 1 amide bonds. The van der Waals surface area contributed by atoms with E-state index in [1.54, 1.807) is 25.1 Å². The Kier molecular flexibility index (Phi) is 8.22. The second-order valence-electron chi connectivity index (χ2n) is 5.16. The molecule has 1 aromatic rings. The number of benzene rings is 1. The van der Waals surface area contributed by atoms with Gasteiger partial charge in [-0.15, -0.1) is 12.4 Å². The summed E-state index contributed by atoms with van der Waals surface area (Å²) in [6, 6.07) is 4.99.